The van der Waals surface area contributed by atoms with Gasteiger partial charge in [0, 0.05) is 37.8 Å². The number of rotatable bonds is 5. The summed E-state index contributed by atoms with van der Waals surface area (Å²) in [5, 5.41) is 33.7. The van der Waals surface area contributed by atoms with E-state index in [9.17, 15) is 15.2 Å². The molecule has 0 amide bonds. The molecule has 0 unspecified atom stereocenters. The first-order valence-electron chi connectivity index (χ1n) is 6.95. The van der Waals surface area contributed by atoms with E-state index >= 15 is 0 Å². The van der Waals surface area contributed by atoms with E-state index in [4.69, 9.17) is 10.00 Å². The smallest absolute Gasteiger partial charge is 0.273 e. The summed E-state index contributed by atoms with van der Waals surface area (Å²) in [5.41, 5.74) is 0.192. The molecule has 22 heavy (non-hydrogen) atoms. The van der Waals surface area contributed by atoms with Gasteiger partial charge in [-0.25, -0.2) is 0 Å². The maximum absolute atomic E-state index is 11.1. The second kappa shape index (κ2) is 7.06. The number of aromatic hydroxyl groups is 1. The normalized spacial score (nSPS) is 16.7. The van der Waals surface area contributed by atoms with Crippen LogP contribution >= 0.6 is 0 Å². The first-order chi connectivity index (χ1) is 10.6. The minimum absolute atomic E-state index is 0.0438. The summed E-state index contributed by atoms with van der Waals surface area (Å²) >= 11 is 0. The Bertz CT molecular complexity index is 593. The summed E-state index contributed by atoms with van der Waals surface area (Å²) < 4.78 is 5.02. The topological polar surface area (TPSA) is 112 Å². The average Bonchev–Trinajstić information content (AvgIpc) is 2.54. The van der Waals surface area contributed by atoms with Gasteiger partial charge < -0.3 is 15.2 Å². The summed E-state index contributed by atoms with van der Waals surface area (Å²) in [4.78, 5) is 12.6. The standard InChI is InChI=1S/C14H18N4O4/c1-22-13-9-10(18(20)21)8-11(14(13)19)12(2-3-15)17-6-4-16-5-7-17/h8-9,12,16,19H,2,4-7H2,1H3/t12-/m1/s1. The van der Waals surface area contributed by atoms with Gasteiger partial charge in [0.1, 0.15) is 0 Å². The number of non-ortho nitro benzene ring substituents is 1. The molecular formula is C14H18N4O4. The van der Waals surface area contributed by atoms with E-state index in [1.54, 1.807) is 0 Å². The molecule has 0 aromatic heterocycles. The van der Waals surface area contributed by atoms with Gasteiger partial charge in [0.25, 0.3) is 5.69 Å². The number of hydrogen-bond donors (Lipinski definition) is 2. The first kappa shape index (κ1) is 16.0. The van der Waals surface area contributed by atoms with Crippen molar-refractivity contribution in [2.45, 2.75) is 12.5 Å². The molecule has 8 heteroatoms. The molecule has 0 bridgehead atoms. The highest BCUT2D eigenvalue weighted by Crippen LogP contribution is 2.40. The molecule has 1 heterocycles. The molecule has 118 valence electrons. The van der Waals surface area contributed by atoms with Crippen molar-refractivity contribution in [3.63, 3.8) is 0 Å². The van der Waals surface area contributed by atoms with Gasteiger partial charge in [-0.3, -0.25) is 15.0 Å². The van der Waals surface area contributed by atoms with Crippen LogP contribution in [0.4, 0.5) is 5.69 Å². The van der Waals surface area contributed by atoms with Gasteiger partial charge in [-0.1, -0.05) is 0 Å². The number of benzene rings is 1. The summed E-state index contributed by atoms with van der Waals surface area (Å²) in [6, 6.07) is 4.19. The minimum Gasteiger partial charge on any atom is -0.504 e. The highest BCUT2D eigenvalue weighted by molar-refractivity contribution is 5.54. The van der Waals surface area contributed by atoms with E-state index in [1.807, 2.05) is 4.90 Å². The van der Waals surface area contributed by atoms with E-state index in [1.165, 1.54) is 19.2 Å². The summed E-state index contributed by atoms with van der Waals surface area (Å²) in [7, 11) is 1.34. The fraction of sp³-hybridized carbons (Fsp3) is 0.500. The Morgan fingerprint density at radius 1 is 1.55 bits per heavy atom. The van der Waals surface area contributed by atoms with Crippen molar-refractivity contribution in [1.29, 1.82) is 5.26 Å². The molecule has 1 aliphatic heterocycles. The molecule has 1 aromatic rings. The minimum atomic E-state index is -0.535. The first-order valence-corrected chi connectivity index (χ1v) is 6.95. The van der Waals surface area contributed by atoms with Gasteiger partial charge in [0.05, 0.1) is 36.6 Å². The molecule has 8 nitrogen and oxygen atoms in total. The van der Waals surface area contributed by atoms with Crippen LogP contribution in [0.2, 0.25) is 0 Å². The van der Waals surface area contributed by atoms with Crippen LogP contribution in [0.25, 0.3) is 0 Å². The van der Waals surface area contributed by atoms with Gasteiger partial charge in [-0.05, 0) is 0 Å². The van der Waals surface area contributed by atoms with E-state index in [-0.39, 0.29) is 23.6 Å². The van der Waals surface area contributed by atoms with Crippen LogP contribution in [0.5, 0.6) is 11.5 Å². The average molecular weight is 306 g/mol. The molecule has 0 radical (unpaired) electrons. The Morgan fingerprint density at radius 2 is 2.23 bits per heavy atom. The highest BCUT2D eigenvalue weighted by Gasteiger charge is 2.28. The second-order valence-electron chi connectivity index (χ2n) is 5.01. The molecule has 1 aromatic carbocycles. The lowest BCUT2D eigenvalue weighted by molar-refractivity contribution is -0.385. The zero-order valence-electron chi connectivity index (χ0n) is 12.3. The molecule has 0 aliphatic carbocycles. The van der Waals surface area contributed by atoms with E-state index in [2.05, 4.69) is 11.4 Å². The third-order valence-electron chi connectivity index (χ3n) is 3.76. The largest absolute Gasteiger partial charge is 0.504 e. The zero-order chi connectivity index (χ0) is 16.1. The van der Waals surface area contributed by atoms with Crippen molar-refractivity contribution in [2.75, 3.05) is 33.3 Å². The number of phenolic OH excluding ortho intramolecular Hbond substituents is 1. The lowest BCUT2D eigenvalue weighted by Crippen LogP contribution is -2.45. The third-order valence-corrected chi connectivity index (χ3v) is 3.76. The fourth-order valence-electron chi connectivity index (χ4n) is 2.65. The van der Waals surface area contributed by atoms with Crippen molar-refractivity contribution < 1.29 is 14.8 Å². The second-order valence-corrected chi connectivity index (χ2v) is 5.01. The molecule has 1 atom stereocenters. The quantitative estimate of drug-likeness (QED) is 0.620. The van der Waals surface area contributed by atoms with Crippen LogP contribution in [0.15, 0.2) is 12.1 Å². The number of nitro groups is 1. The Balaban J connectivity index is 2.47. The van der Waals surface area contributed by atoms with Gasteiger partial charge >= 0.3 is 0 Å². The number of nitriles is 1. The molecule has 2 N–H and O–H groups in total. The number of nitrogens with one attached hydrogen (secondary N) is 1. The lowest BCUT2D eigenvalue weighted by atomic mass is 9.99. The maximum Gasteiger partial charge on any atom is 0.273 e. The van der Waals surface area contributed by atoms with Gasteiger partial charge in [-0.15, -0.1) is 0 Å². The number of phenols is 1. The number of methoxy groups -OCH3 is 1. The van der Waals surface area contributed by atoms with E-state index < -0.39 is 11.0 Å². The van der Waals surface area contributed by atoms with Crippen molar-refractivity contribution in [3.05, 3.63) is 27.8 Å². The van der Waals surface area contributed by atoms with Crippen LogP contribution in [0, 0.1) is 21.4 Å². The Morgan fingerprint density at radius 3 is 2.77 bits per heavy atom. The van der Waals surface area contributed by atoms with Crippen molar-refractivity contribution in [2.24, 2.45) is 0 Å². The zero-order valence-corrected chi connectivity index (χ0v) is 12.3. The van der Waals surface area contributed by atoms with Crippen LogP contribution in [0.1, 0.15) is 18.0 Å². The third kappa shape index (κ3) is 3.27. The predicted octanol–water partition coefficient (Wildman–Crippen LogP) is 1.17. The molecule has 1 saturated heterocycles. The SMILES string of the molecule is COc1cc([N+](=O)[O-])cc([C@@H](CC#N)N2CCNCC2)c1O. The number of hydrogen-bond acceptors (Lipinski definition) is 7. The van der Waals surface area contributed by atoms with Crippen LogP contribution in [0.3, 0.4) is 0 Å². The molecular weight excluding hydrogens is 288 g/mol. The van der Waals surface area contributed by atoms with Gasteiger partial charge in [0.15, 0.2) is 11.5 Å². The number of ether oxygens (including phenoxy) is 1. The summed E-state index contributed by atoms with van der Waals surface area (Å²) in [5.74, 6) is -0.103. The monoisotopic (exact) mass is 306 g/mol. The number of nitro benzene ring substituents is 1. The Labute approximate surface area is 128 Å². The highest BCUT2D eigenvalue weighted by atomic mass is 16.6. The maximum atomic E-state index is 11.1. The van der Waals surface area contributed by atoms with Gasteiger partial charge in [0.2, 0.25) is 0 Å². The van der Waals surface area contributed by atoms with Crippen LogP contribution < -0.4 is 10.1 Å². The molecule has 0 spiro atoms. The fourth-order valence-corrected chi connectivity index (χ4v) is 2.65. The number of nitrogens with zero attached hydrogens (tertiary/aromatic N) is 3. The van der Waals surface area contributed by atoms with Gasteiger partial charge in [-0.2, -0.15) is 5.26 Å². The van der Waals surface area contributed by atoms with Crippen LogP contribution in [-0.2, 0) is 0 Å². The van der Waals surface area contributed by atoms with Crippen LogP contribution in [-0.4, -0.2) is 48.2 Å². The van der Waals surface area contributed by atoms with E-state index in [0.29, 0.717) is 18.7 Å². The lowest BCUT2D eigenvalue weighted by Gasteiger charge is -2.34. The summed E-state index contributed by atoms with van der Waals surface area (Å²) in [6.07, 6.45) is 0.137. The Kier molecular flexibility index (Phi) is 5.14. The molecule has 1 aliphatic rings. The van der Waals surface area contributed by atoms with E-state index in [0.717, 1.165) is 13.1 Å². The predicted molar refractivity (Wildman–Crippen MR) is 78.7 cm³/mol. The number of piperazine rings is 1. The summed E-state index contributed by atoms with van der Waals surface area (Å²) in [6.45, 7) is 2.96. The van der Waals surface area contributed by atoms with Crippen molar-refractivity contribution in [1.82, 2.24) is 10.2 Å². The van der Waals surface area contributed by atoms with Crippen molar-refractivity contribution >= 4 is 5.69 Å². The molecule has 1 fully saturated rings. The Hall–Kier alpha value is -2.37. The molecule has 0 saturated carbocycles. The van der Waals surface area contributed by atoms with Crippen molar-refractivity contribution in [3.8, 4) is 17.6 Å². The molecule has 2 rings (SSSR count).